The normalized spacial score (nSPS) is 18.9. The number of nitrogens with one attached hydrogen (secondary N) is 1. The van der Waals surface area contributed by atoms with Crippen molar-refractivity contribution in [3.05, 3.63) is 64.3 Å². The molecule has 11 heteroatoms. The first-order valence-electron chi connectivity index (χ1n) is 12.6. The predicted molar refractivity (Wildman–Crippen MR) is 140 cm³/mol. The Morgan fingerprint density at radius 3 is 2.45 bits per heavy atom. The molecule has 38 heavy (non-hydrogen) atoms. The molecule has 1 atom stereocenters. The lowest BCUT2D eigenvalue weighted by Crippen LogP contribution is -2.44. The Morgan fingerprint density at radius 2 is 1.76 bits per heavy atom. The third-order valence-corrected chi connectivity index (χ3v) is 7.53. The van der Waals surface area contributed by atoms with E-state index < -0.39 is 18.8 Å². The maximum Gasteiger partial charge on any atom is 0.401 e. The highest BCUT2D eigenvalue weighted by atomic mass is 35.5. The number of halogens is 5. The molecule has 2 aromatic carbocycles. The molecule has 0 bridgehead atoms. The van der Waals surface area contributed by atoms with Gasteiger partial charge in [-0.05, 0) is 63.0 Å². The molecule has 2 aliphatic heterocycles. The van der Waals surface area contributed by atoms with Crippen LogP contribution in [0.25, 0.3) is 16.9 Å². The molecule has 6 nitrogen and oxygen atoms in total. The lowest BCUT2D eigenvalue weighted by molar-refractivity contribution is -0.149. The predicted octanol–water partition coefficient (Wildman–Crippen LogP) is 6.45. The van der Waals surface area contributed by atoms with Gasteiger partial charge in [-0.3, -0.25) is 9.69 Å². The number of fused-ring (bicyclic) bond motifs is 1. The van der Waals surface area contributed by atoms with Crippen molar-refractivity contribution in [1.29, 1.82) is 0 Å². The van der Waals surface area contributed by atoms with Crippen molar-refractivity contribution in [2.75, 3.05) is 26.2 Å². The Bertz CT molecular complexity index is 1290. The molecule has 1 fully saturated rings. The molecule has 5 rings (SSSR count). The molecule has 1 unspecified atom stereocenters. The molecule has 1 amide bonds. The summed E-state index contributed by atoms with van der Waals surface area (Å²) < 4.78 is 46.2. The second kappa shape index (κ2) is 11.2. The topological polar surface area (TPSA) is 59.4 Å². The number of rotatable bonds is 5. The summed E-state index contributed by atoms with van der Waals surface area (Å²) in [6, 6.07) is 14.3. The van der Waals surface area contributed by atoms with Crippen LogP contribution < -0.4 is 10.1 Å². The van der Waals surface area contributed by atoms with Crippen molar-refractivity contribution in [3.63, 3.8) is 0 Å². The number of hydrogen-bond acceptors (Lipinski definition) is 4. The van der Waals surface area contributed by atoms with E-state index in [1.54, 1.807) is 22.9 Å². The number of aromatic nitrogens is 2. The number of ether oxygens (including phenoxy) is 1. The highest BCUT2D eigenvalue weighted by molar-refractivity contribution is 6.32. The molecule has 1 saturated heterocycles. The van der Waals surface area contributed by atoms with Gasteiger partial charge in [-0.2, -0.15) is 18.3 Å². The number of alkyl halides is 3. The minimum Gasteiger partial charge on any atom is -0.489 e. The van der Waals surface area contributed by atoms with Crippen molar-refractivity contribution < 1.29 is 22.7 Å². The molecule has 3 aromatic rings. The second-order valence-electron chi connectivity index (χ2n) is 9.65. The highest BCUT2D eigenvalue weighted by Crippen LogP contribution is 2.42. The smallest absolute Gasteiger partial charge is 0.401 e. The summed E-state index contributed by atoms with van der Waals surface area (Å²) in [6.45, 7) is -0.0292. The number of piperidine rings is 1. The van der Waals surface area contributed by atoms with E-state index >= 15 is 0 Å². The van der Waals surface area contributed by atoms with Gasteiger partial charge in [0, 0.05) is 16.5 Å². The average molecular weight is 567 g/mol. The number of likely N-dealkylation sites (tertiary alicyclic amines) is 1. The molecular weight excluding hydrogens is 540 g/mol. The zero-order valence-corrected chi connectivity index (χ0v) is 22.0. The van der Waals surface area contributed by atoms with Crippen LogP contribution in [0, 0.1) is 5.92 Å². The van der Waals surface area contributed by atoms with Crippen molar-refractivity contribution >= 4 is 29.1 Å². The van der Waals surface area contributed by atoms with Gasteiger partial charge < -0.3 is 10.1 Å². The van der Waals surface area contributed by atoms with E-state index in [1.807, 2.05) is 30.3 Å². The lowest BCUT2D eigenvalue weighted by Gasteiger charge is -2.32. The van der Waals surface area contributed by atoms with E-state index in [9.17, 15) is 18.0 Å². The Balaban J connectivity index is 1.44. The molecular formula is C27H27Cl2F3N4O2. The first-order chi connectivity index (χ1) is 18.2. The summed E-state index contributed by atoms with van der Waals surface area (Å²) in [5.74, 6) is 0.0402. The molecule has 0 aliphatic carbocycles. The van der Waals surface area contributed by atoms with Crippen LogP contribution in [0.2, 0.25) is 10.0 Å². The van der Waals surface area contributed by atoms with Crippen LogP contribution in [0.5, 0.6) is 5.75 Å². The van der Waals surface area contributed by atoms with E-state index in [2.05, 4.69) is 5.32 Å². The standard InChI is InChI=1S/C27H27Cl2F3N4O2/c28-19-9-7-17(8-10-19)24-25-23(34-36(24)22-6-2-1-4-20(22)29)21(5-3-15-38-25)33-26(37)18-11-13-35(14-12-18)16-27(30,31)32/h1-2,4,6-10,18,21H,3,5,11-16H2,(H,33,37). The maximum atomic E-state index is 13.2. The Morgan fingerprint density at radius 1 is 1.05 bits per heavy atom. The number of para-hydroxylation sites is 1. The monoisotopic (exact) mass is 566 g/mol. The Hall–Kier alpha value is -2.75. The van der Waals surface area contributed by atoms with E-state index in [0.29, 0.717) is 65.2 Å². The maximum absolute atomic E-state index is 13.2. The summed E-state index contributed by atoms with van der Waals surface area (Å²) in [6.07, 6.45) is -2.17. The largest absolute Gasteiger partial charge is 0.489 e. The zero-order chi connectivity index (χ0) is 26.9. The molecule has 0 spiro atoms. The van der Waals surface area contributed by atoms with Gasteiger partial charge in [-0.15, -0.1) is 0 Å². The van der Waals surface area contributed by atoms with Gasteiger partial charge in [0.05, 0.1) is 29.9 Å². The van der Waals surface area contributed by atoms with Gasteiger partial charge in [0.15, 0.2) is 5.75 Å². The molecule has 1 aromatic heterocycles. The Kier molecular flexibility index (Phi) is 7.88. The van der Waals surface area contributed by atoms with Gasteiger partial charge in [0.2, 0.25) is 5.91 Å². The van der Waals surface area contributed by atoms with Crippen LogP contribution in [0.15, 0.2) is 48.5 Å². The fraction of sp³-hybridized carbons (Fsp3) is 0.407. The molecule has 202 valence electrons. The summed E-state index contributed by atoms with van der Waals surface area (Å²) in [5.41, 5.74) is 2.78. The third kappa shape index (κ3) is 5.95. The Labute approximate surface area is 228 Å². The van der Waals surface area contributed by atoms with Crippen molar-refractivity contribution in [3.8, 4) is 22.7 Å². The van der Waals surface area contributed by atoms with Gasteiger partial charge in [0.25, 0.3) is 0 Å². The van der Waals surface area contributed by atoms with Gasteiger partial charge >= 0.3 is 6.18 Å². The van der Waals surface area contributed by atoms with Crippen LogP contribution in [-0.4, -0.2) is 53.0 Å². The van der Waals surface area contributed by atoms with Crippen LogP contribution in [0.1, 0.15) is 37.4 Å². The molecule has 0 saturated carbocycles. The van der Waals surface area contributed by atoms with E-state index in [-0.39, 0.29) is 24.9 Å². The minimum absolute atomic E-state index is 0.171. The summed E-state index contributed by atoms with van der Waals surface area (Å²) in [4.78, 5) is 14.6. The summed E-state index contributed by atoms with van der Waals surface area (Å²) in [5, 5.41) is 9.12. The van der Waals surface area contributed by atoms with Crippen molar-refractivity contribution in [2.24, 2.45) is 5.92 Å². The second-order valence-corrected chi connectivity index (χ2v) is 10.5. The van der Waals surface area contributed by atoms with Gasteiger partial charge in [0.1, 0.15) is 11.4 Å². The fourth-order valence-corrected chi connectivity index (χ4v) is 5.43. The zero-order valence-electron chi connectivity index (χ0n) is 20.5. The SMILES string of the molecule is O=C(NC1CCCOc2c1nn(-c1ccccc1Cl)c2-c1ccc(Cl)cc1)C1CCN(CC(F)(F)F)CC1. The minimum atomic E-state index is -4.24. The first kappa shape index (κ1) is 26.8. The molecule has 2 aliphatic rings. The van der Waals surface area contributed by atoms with Crippen LogP contribution in [-0.2, 0) is 4.79 Å². The summed E-state index contributed by atoms with van der Waals surface area (Å²) >= 11 is 12.7. The third-order valence-electron chi connectivity index (χ3n) is 6.96. The number of amides is 1. The average Bonchev–Trinajstić information content (AvgIpc) is 3.14. The lowest BCUT2D eigenvalue weighted by atomic mass is 9.95. The van der Waals surface area contributed by atoms with Crippen LogP contribution >= 0.6 is 23.2 Å². The molecule has 3 heterocycles. The van der Waals surface area contributed by atoms with E-state index in [0.717, 1.165) is 5.56 Å². The quantitative estimate of drug-likeness (QED) is 0.385. The number of carbonyl (C=O) groups is 1. The summed E-state index contributed by atoms with van der Waals surface area (Å²) in [7, 11) is 0. The van der Waals surface area contributed by atoms with Crippen molar-refractivity contribution in [1.82, 2.24) is 20.0 Å². The fourth-order valence-electron chi connectivity index (χ4n) is 5.09. The molecule has 0 radical (unpaired) electrons. The van der Waals surface area contributed by atoms with E-state index in [4.69, 9.17) is 33.0 Å². The number of benzene rings is 2. The van der Waals surface area contributed by atoms with Gasteiger partial charge in [-0.25, -0.2) is 4.68 Å². The van der Waals surface area contributed by atoms with E-state index in [1.165, 1.54) is 4.90 Å². The highest BCUT2D eigenvalue weighted by Gasteiger charge is 2.36. The number of hydrogen-bond donors (Lipinski definition) is 1. The van der Waals surface area contributed by atoms with Crippen molar-refractivity contribution in [2.45, 2.75) is 37.9 Å². The van der Waals surface area contributed by atoms with Gasteiger partial charge in [-0.1, -0.05) is 47.5 Å². The molecule has 1 N–H and O–H groups in total. The number of carbonyl (C=O) groups excluding carboxylic acids is 1. The van der Waals surface area contributed by atoms with Crippen LogP contribution in [0.3, 0.4) is 0 Å². The van der Waals surface area contributed by atoms with Crippen LogP contribution in [0.4, 0.5) is 13.2 Å². The first-order valence-corrected chi connectivity index (χ1v) is 13.3. The number of nitrogens with zero attached hydrogens (tertiary/aromatic N) is 3.